The molecule has 0 saturated heterocycles. The molecule has 26 heavy (non-hydrogen) atoms. The molecule has 0 fully saturated rings. The number of aliphatic hydroxyl groups is 1. The van der Waals surface area contributed by atoms with Crippen LogP contribution < -0.4 is 9.47 Å². The molecule has 1 amide bonds. The van der Waals surface area contributed by atoms with E-state index in [1.165, 1.54) is 12.0 Å². The van der Waals surface area contributed by atoms with E-state index in [9.17, 15) is 9.90 Å². The second-order valence-corrected chi connectivity index (χ2v) is 6.30. The van der Waals surface area contributed by atoms with Gasteiger partial charge in [-0.3, -0.25) is 4.79 Å². The first-order valence-corrected chi connectivity index (χ1v) is 8.46. The summed E-state index contributed by atoms with van der Waals surface area (Å²) in [4.78, 5) is 13.6. The van der Waals surface area contributed by atoms with Crippen LogP contribution in [0.5, 0.6) is 11.5 Å². The Morgan fingerprint density at radius 1 is 1.19 bits per heavy atom. The summed E-state index contributed by atoms with van der Waals surface area (Å²) in [5.41, 5.74) is 0. The van der Waals surface area contributed by atoms with Gasteiger partial charge in [-0.05, 0) is 30.3 Å². The number of hydrogen-bond acceptors (Lipinski definition) is 6. The first-order chi connectivity index (χ1) is 12.4. The fourth-order valence-electron chi connectivity index (χ4n) is 2.67. The number of ether oxygens (including phenoxy) is 4. The molecule has 0 unspecified atom stereocenters. The van der Waals surface area contributed by atoms with Crippen molar-refractivity contribution < 1.29 is 28.8 Å². The Kier molecular flexibility index (Phi) is 7.44. The van der Waals surface area contributed by atoms with Crippen LogP contribution in [0, 0.1) is 5.92 Å². The lowest BCUT2D eigenvalue weighted by Crippen LogP contribution is -2.45. The molecule has 2 rings (SSSR count). The zero-order chi connectivity index (χ0) is 19.1. The fraction of sp³-hybridized carbons (Fsp3) is 0.526. The normalized spacial score (nSPS) is 23.3. The lowest BCUT2D eigenvalue weighted by atomic mass is 9.91. The van der Waals surface area contributed by atoms with Crippen LogP contribution in [0.25, 0.3) is 0 Å². The molecule has 1 aliphatic heterocycles. The van der Waals surface area contributed by atoms with Crippen LogP contribution in [-0.2, 0) is 14.3 Å². The average Bonchev–Trinajstić information content (AvgIpc) is 2.66. The number of hydrogen-bond donors (Lipinski definition) is 1. The minimum atomic E-state index is -0.917. The highest BCUT2D eigenvalue weighted by atomic mass is 16.7. The number of rotatable bonds is 8. The molecule has 7 heteroatoms. The van der Waals surface area contributed by atoms with Gasteiger partial charge in [0.25, 0.3) is 0 Å². The van der Waals surface area contributed by atoms with E-state index >= 15 is 0 Å². The van der Waals surface area contributed by atoms with Crippen molar-refractivity contribution in [1.82, 2.24) is 4.90 Å². The van der Waals surface area contributed by atoms with Crippen LogP contribution in [0.3, 0.4) is 0 Å². The van der Waals surface area contributed by atoms with E-state index in [0.29, 0.717) is 5.75 Å². The summed E-state index contributed by atoms with van der Waals surface area (Å²) >= 11 is 0. The molecule has 1 N–H and O–H groups in total. The minimum absolute atomic E-state index is 0.0348. The first-order valence-electron chi connectivity index (χ1n) is 8.46. The number of amides is 1. The molecule has 1 aromatic rings. The molecule has 144 valence electrons. The third-order valence-electron chi connectivity index (χ3n) is 4.23. The van der Waals surface area contributed by atoms with Crippen molar-refractivity contribution in [2.24, 2.45) is 5.92 Å². The van der Waals surface area contributed by atoms with E-state index in [1.54, 1.807) is 51.5 Å². The maximum atomic E-state index is 12.1. The molecule has 1 aliphatic rings. The number of aliphatic hydroxyl groups excluding tert-OH is 1. The average molecular weight is 365 g/mol. The van der Waals surface area contributed by atoms with Crippen LogP contribution in [0.4, 0.5) is 0 Å². The first kappa shape index (κ1) is 20.2. The second-order valence-electron chi connectivity index (χ2n) is 6.30. The zero-order valence-corrected chi connectivity index (χ0v) is 15.6. The Morgan fingerprint density at radius 3 is 2.42 bits per heavy atom. The predicted molar refractivity (Wildman–Crippen MR) is 96.1 cm³/mol. The van der Waals surface area contributed by atoms with Gasteiger partial charge < -0.3 is 29.0 Å². The molecule has 1 aromatic carbocycles. The van der Waals surface area contributed by atoms with E-state index in [1.807, 2.05) is 6.08 Å². The summed E-state index contributed by atoms with van der Waals surface area (Å²) in [6.45, 7) is 0.0356. The third-order valence-corrected chi connectivity index (χ3v) is 4.23. The predicted octanol–water partition coefficient (Wildman–Crippen LogP) is 1.46. The number of carbonyl (C=O) groups excluding carboxylic acids is 1. The van der Waals surface area contributed by atoms with Gasteiger partial charge in [0, 0.05) is 33.5 Å². The minimum Gasteiger partial charge on any atom is -0.497 e. The molecule has 0 bridgehead atoms. The van der Waals surface area contributed by atoms with Crippen molar-refractivity contribution in [3.05, 3.63) is 36.4 Å². The Labute approximate surface area is 154 Å². The molecule has 4 atom stereocenters. The highest BCUT2D eigenvalue weighted by Crippen LogP contribution is 2.26. The molecule has 0 saturated carbocycles. The lowest BCUT2D eigenvalue weighted by molar-refractivity contribution is -0.181. The SMILES string of the molecule is COc1ccc(OC[C@H](O)[C@H]2O[C@H](OC)C=C[C@@H]2CC(=O)N(C)C)cc1. The number of carbonyl (C=O) groups is 1. The highest BCUT2D eigenvalue weighted by Gasteiger charge is 2.35. The summed E-state index contributed by atoms with van der Waals surface area (Å²) in [6.07, 6.45) is 1.78. The van der Waals surface area contributed by atoms with Crippen LogP contribution in [-0.4, -0.2) is 69.3 Å². The summed E-state index contributed by atoms with van der Waals surface area (Å²) in [5, 5.41) is 10.6. The Hall–Kier alpha value is -2.09. The third kappa shape index (κ3) is 5.45. The van der Waals surface area contributed by atoms with Gasteiger partial charge in [-0.25, -0.2) is 0 Å². The van der Waals surface area contributed by atoms with Gasteiger partial charge in [-0.1, -0.05) is 6.08 Å². The molecule has 0 radical (unpaired) electrons. The fourth-order valence-corrected chi connectivity index (χ4v) is 2.67. The maximum absolute atomic E-state index is 12.1. The smallest absolute Gasteiger partial charge is 0.222 e. The van der Waals surface area contributed by atoms with E-state index in [-0.39, 0.29) is 24.9 Å². The van der Waals surface area contributed by atoms with Gasteiger partial charge in [0.1, 0.15) is 24.2 Å². The van der Waals surface area contributed by atoms with Crippen molar-refractivity contribution >= 4 is 5.91 Å². The van der Waals surface area contributed by atoms with Gasteiger partial charge in [0.05, 0.1) is 13.2 Å². The second kappa shape index (κ2) is 9.56. The molecular formula is C19H27NO6. The van der Waals surface area contributed by atoms with E-state index in [0.717, 1.165) is 5.75 Å². The monoisotopic (exact) mass is 365 g/mol. The number of methoxy groups -OCH3 is 2. The molecule has 0 aliphatic carbocycles. The Balaban J connectivity index is 2.00. The van der Waals surface area contributed by atoms with Crippen LogP contribution in [0.15, 0.2) is 36.4 Å². The van der Waals surface area contributed by atoms with Gasteiger partial charge in [0.15, 0.2) is 6.29 Å². The van der Waals surface area contributed by atoms with Gasteiger partial charge in [-0.2, -0.15) is 0 Å². The van der Waals surface area contributed by atoms with Crippen LogP contribution in [0.2, 0.25) is 0 Å². The van der Waals surface area contributed by atoms with Gasteiger partial charge >= 0.3 is 0 Å². The summed E-state index contributed by atoms with van der Waals surface area (Å²) in [7, 11) is 6.52. The Bertz CT molecular complexity index is 601. The topological polar surface area (TPSA) is 77.5 Å². The standard InChI is InChI=1S/C19H27NO6/c1-20(2)17(22)11-13-5-10-18(24-4)26-19(13)16(21)12-25-15-8-6-14(23-3)7-9-15/h5-10,13,16,18-19,21H,11-12H2,1-4H3/t13-,16+,18+,19+/m1/s1. The summed E-state index contributed by atoms with van der Waals surface area (Å²) < 4.78 is 21.7. The van der Waals surface area contributed by atoms with Crippen LogP contribution in [0.1, 0.15) is 6.42 Å². The van der Waals surface area contributed by atoms with E-state index < -0.39 is 18.5 Å². The molecule has 0 spiro atoms. The van der Waals surface area contributed by atoms with Crippen molar-refractivity contribution in [1.29, 1.82) is 0 Å². The number of nitrogens with zero attached hydrogens (tertiary/aromatic N) is 1. The van der Waals surface area contributed by atoms with E-state index in [4.69, 9.17) is 18.9 Å². The molecule has 7 nitrogen and oxygen atoms in total. The van der Waals surface area contributed by atoms with Crippen LogP contribution >= 0.6 is 0 Å². The van der Waals surface area contributed by atoms with Gasteiger partial charge in [-0.15, -0.1) is 0 Å². The Morgan fingerprint density at radius 2 is 1.85 bits per heavy atom. The number of benzene rings is 1. The quantitative estimate of drug-likeness (QED) is 0.703. The van der Waals surface area contributed by atoms with Crippen molar-refractivity contribution in [2.45, 2.75) is 24.9 Å². The summed E-state index contributed by atoms with van der Waals surface area (Å²) in [6, 6.07) is 7.08. The molecular weight excluding hydrogens is 338 g/mol. The molecule has 1 heterocycles. The lowest BCUT2D eigenvalue weighted by Gasteiger charge is -2.34. The van der Waals surface area contributed by atoms with Crippen molar-refractivity contribution in [3.63, 3.8) is 0 Å². The maximum Gasteiger partial charge on any atom is 0.222 e. The highest BCUT2D eigenvalue weighted by molar-refractivity contribution is 5.76. The molecule has 0 aromatic heterocycles. The van der Waals surface area contributed by atoms with E-state index in [2.05, 4.69) is 0 Å². The van der Waals surface area contributed by atoms with Gasteiger partial charge in [0.2, 0.25) is 5.91 Å². The largest absolute Gasteiger partial charge is 0.497 e. The summed E-state index contributed by atoms with van der Waals surface area (Å²) in [5.74, 6) is 1.04. The van der Waals surface area contributed by atoms with Crippen molar-refractivity contribution in [3.8, 4) is 11.5 Å². The zero-order valence-electron chi connectivity index (χ0n) is 15.6. The van der Waals surface area contributed by atoms with Crippen molar-refractivity contribution in [2.75, 3.05) is 34.9 Å².